The Hall–Kier alpha value is -1.47. The van der Waals surface area contributed by atoms with E-state index in [9.17, 15) is 9.36 Å². The minimum atomic E-state index is -4.33. The van der Waals surface area contributed by atoms with Gasteiger partial charge in [-0.15, -0.1) is 0 Å². The predicted octanol–water partition coefficient (Wildman–Crippen LogP) is -0.364. The molecule has 0 aliphatic rings. The Labute approximate surface area is 103 Å². The summed E-state index contributed by atoms with van der Waals surface area (Å²) >= 11 is 0. The summed E-state index contributed by atoms with van der Waals surface area (Å²) in [6.45, 7) is 0.0688. The first kappa shape index (κ1) is 14.6. The normalized spacial score (nSPS) is 12.8. The topological polar surface area (TPSA) is 120 Å². The van der Waals surface area contributed by atoms with E-state index in [1.807, 2.05) is 0 Å². The smallest absolute Gasteiger partial charge is 0.431 e. The van der Waals surface area contributed by atoms with Gasteiger partial charge in [0, 0.05) is 12.1 Å². The predicted molar refractivity (Wildman–Crippen MR) is 58.7 cm³/mol. The lowest BCUT2D eigenvalue weighted by atomic mass is 10.4. The first-order valence-electron chi connectivity index (χ1n) is 5.00. The van der Waals surface area contributed by atoms with Crippen LogP contribution in [0.15, 0.2) is 30.6 Å². The summed E-state index contributed by atoms with van der Waals surface area (Å²) in [5.41, 5.74) is 1.24. The van der Waals surface area contributed by atoms with Crippen LogP contribution in [-0.2, 0) is 15.8 Å². The van der Waals surface area contributed by atoms with E-state index >= 15 is 0 Å². The molecular weight excluding hydrogens is 263 g/mol. The fourth-order valence-corrected chi connectivity index (χ4v) is 2.09. The first-order chi connectivity index (χ1) is 8.40. The number of hydrogen-bond acceptors (Lipinski definition) is 4. The molecule has 1 rings (SSSR count). The van der Waals surface area contributed by atoms with Crippen LogP contribution in [0.25, 0.3) is 0 Å². The summed E-state index contributed by atoms with van der Waals surface area (Å²) in [7, 11) is -4.33. The van der Waals surface area contributed by atoms with Crippen LogP contribution in [0, 0.1) is 0 Å². The van der Waals surface area contributed by atoms with E-state index < -0.39 is 26.0 Å². The molecule has 0 bridgehead atoms. The lowest BCUT2D eigenvalue weighted by Crippen LogP contribution is -2.43. The SMILES string of the molecule is O=C(NO)OC(C[n+]1ccccc1)CP(=O)(O)O. The number of ether oxygens (including phenoxy) is 1. The van der Waals surface area contributed by atoms with Gasteiger partial charge >= 0.3 is 13.7 Å². The van der Waals surface area contributed by atoms with E-state index in [4.69, 9.17) is 15.0 Å². The summed E-state index contributed by atoms with van der Waals surface area (Å²) in [5, 5.41) is 8.32. The van der Waals surface area contributed by atoms with Crippen LogP contribution in [0.4, 0.5) is 4.79 Å². The van der Waals surface area contributed by atoms with Crippen molar-refractivity contribution < 1.29 is 33.7 Å². The van der Waals surface area contributed by atoms with E-state index in [1.54, 1.807) is 35.2 Å². The number of carbonyl (C=O) groups excluding carboxylic acids is 1. The van der Waals surface area contributed by atoms with Gasteiger partial charge in [-0.3, -0.25) is 9.77 Å². The molecule has 1 amide bonds. The molecule has 18 heavy (non-hydrogen) atoms. The van der Waals surface area contributed by atoms with Gasteiger partial charge in [0.25, 0.3) is 0 Å². The van der Waals surface area contributed by atoms with E-state index in [0.29, 0.717) is 0 Å². The van der Waals surface area contributed by atoms with Crippen LogP contribution in [0.2, 0.25) is 0 Å². The Bertz CT molecular complexity index is 434. The number of pyridine rings is 1. The van der Waals surface area contributed by atoms with Crippen molar-refractivity contribution in [1.29, 1.82) is 0 Å². The third-order valence-electron chi connectivity index (χ3n) is 2.00. The van der Waals surface area contributed by atoms with Gasteiger partial charge in [-0.1, -0.05) is 6.07 Å². The minimum absolute atomic E-state index is 0.0688. The number of hydrogen-bond donors (Lipinski definition) is 4. The molecule has 1 aromatic heterocycles. The van der Waals surface area contributed by atoms with Gasteiger partial charge in [-0.05, 0) is 0 Å². The van der Waals surface area contributed by atoms with Crippen LogP contribution >= 0.6 is 7.60 Å². The Morgan fingerprint density at radius 3 is 2.44 bits per heavy atom. The molecule has 100 valence electrons. The molecule has 0 fully saturated rings. The molecule has 1 heterocycles. The highest BCUT2D eigenvalue weighted by Gasteiger charge is 2.27. The number of rotatable bonds is 5. The average molecular weight is 277 g/mol. The van der Waals surface area contributed by atoms with E-state index in [1.165, 1.54) is 5.48 Å². The lowest BCUT2D eigenvalue weighted by Gasteiger charge is -2.15. The quantitative estimate of drug-likeness (QED) is 0.252. The number of hydroxylamine groups is 1. The maximum Gasteiger partial charge on any atom is 0.431 e. The molecular formula is C9H14N2O6P+. The molecule has 4 N–H and O–H groups in total. The molecule has 0 saturated heterocycles. The van der Waals surface area contributed by atoms with Gasteiger partial charge in [-0.2, -0.15) is 0 Å². The van der Waals surface area contributed by atoms with Gasteiger partial charge in [0.1, 0.15) is 0 Å². The number of nitrogens with zero attached hydrogens (tertiary/aromatic N) is 1. The van der Waals surface area contributed by atoms with Crippen LogP contribution in [0.3, 0.4) is 0 Å². The molecule has 0 radical (unpaired) electrons. The largest absolute Gasteiger partial charge is 0.437 e. The van der Waals surface area contributed by atoms with Gasteiger partial charge in [0.15, 0.2) is 25.0 Å². The Morgan fingerprint density at radius 1 is 1.33 bits per heavy atom. The fourth-order valence-electron chi connectivity index (χ4n) is 1.37. The maximum absolute atomic E-state index is 10.9. The average Bonchev–Trinajstić information content (AvgIpc) is 2.27. The third kappa shape index (κ3) is 5.74. The van der Waals surface area contributed by atoms with Crippen LogP contribution in [-0.4, -0.2) is 33.4 Å². The van der Waals surface area contributed by atoms with Crippen LogP contribution in [0.1, 0.15) is 0 Å². The fraction of sp³-hybridized carbons (Fsp3) is 0.333. The van der Waals surface area contributed by atoms with Crippen molar-refractivity contribution >= 4 is 13.7 Å². The third-order valence-corrected chi connectivity index (χ3v) is 2.88. The van der Waals surface area contributed by atoms with Crippen LogP contribution in [0.5, 0.6) is 0 Å². The number of carbonyl (C=O) groups is 1. The van der Waals surface area contributed by atoms with Crippen molar-refractivity contribution in [2.24, 2.45) is 0 Å². The highest BCUT2D eigenvalue weighted by molar-refractivity contribution is 7.51. The zero-order valence-electron chi connectivity index (χ0n) is 9.34. The Kier molecular flexibility index (Phi) is 5.24. The van der Waals surface area contributed by atoms with Crippen molar-refractivity contribution in [3.05, 3.63) is 30.6 Å². The highest BCUT2D eigenvalue weighted by atomic mass is 31.2. The molecule has 1 atom stereocenters. The second-order valence-corrected chi connectivity index (χ2v) is 5.25. The molecule has 0 aliphatic carbocycles. The summed E-state index contributed by atoms with van der Waals surface area (Å²) < 4.78 is 17.2. The molecule has 0 saturated carbocycles. The van der Waals surface area contributed by atoms with Gasteiger partial charge < -0.3 is 14.5 Å². The van der Waals surface area contributed by atoms with Crippen LogP contribution < -0.4 is 10.0 Å². The first-order valence-corrected chi connectivity index (χ1v) is 6.80. The molecule has 0 aromatic carbocycles. The van der Waals surface area contributed by atoms with E-state index in [-0.39, 0.29) is 6.54 Å². The summed E-state index contributed by atoms with van der Waals surface area (Å²) in [5.74, 6) is 0. The number of amides is 1. The van der Waals surface area contributed by atoms with Gasteiger partial charge in [-0.25, -0.2) is 14.8 Å². The Morgan fingerprint density at radius 2 is 1.94 bits per heavy atom. The van der Waals surface area contributed by atoms with E-state index in [0.717, 1.165) is 0 Å². The Balaban J connectivity index is 2.71. The second kappa shape index (κ2) is 6.46. The molecule has 0 aliphatic heterocycles. The molecule has 8 nitrogen and oxygen atoms in total. The standard InChI is InChI=1S/C9H13N2O6P/c12-9(10-13)17-8(7-18(14,15)16)6-11-4-2-1-3-5-11/h1-5,8H,6-7H2,(H3-,10,12,13,14,15,16)/p+1. The number of aromatic nitrogens is 1. The van der Waals surface area contributed by atoms with Gasteiger partial charge in [0.05, 0.1) is 6.16 Å². The summed E-state index contributed by atoms with van der Waals surface area (Å²) in [4.78, 5) is 28.6. The second-order valence-electron chi connectivity index (χ2n) is 3.56. The molecule has 9 heteroatoms. The molecule has 1 unspecified atom stereocenters. The van der Waals surface area contributed by atoms with E-state index in [2.05, 4.69) is 4.74 Å². The zero-order chi connectivity index (χ0) is 13.6. The number of nitrogens with one attached hydrogen (secondary N) is 1. The van der Waals surface area contributed by atoms with Gasteiger partial charge in [0.2, 0.25) is 0 Å². The molecule has 1 aromatic rings. The lowest BCUT2D eigenvalue weighted by molar-refractivity contribution is -0.702. The van der Waals surface area contributed by atoms with Crippen molar-refractivity contribution in [2.75, 3.05) is 6.16 Å². The zero-order valence-corrected chi connectivity index (χ0v) is 10.2. The van der Waals surface area contributed by atoms with Crippen molar-refractivity contribution in [3.8, 4) is 0 Å². The monoisotopic (exact) mass is 277 g/mol. The van der Waals surface area contributed by atoms with Crippen molar-refractivity contribution in [1.82, 2.24) is 5.48 Å². The summed E-state index contributed by atoms with van der Waals surface area (Å²) in [6.07, 6.45) is 0.484. The maximum atomic E-state index is 10.9. The van der Waals surface area contributed by atoms with Crippen molar-refractivity contribution in [2.45, 2.75) is 12.6 Å². The van der Waals surface area contributed by atoms with Crippen molar-refractivity contribution in [3.63, 3.8) is 0 Å². The molecule has 0 spiro atoms. The highest BCUT2D eigenvalue weighted by Crippen LogP contribution is 2.35. The summed E-state index contributed by atoms with van der Waals surface area (Å²) in [6, 6.07) is 5.22. The minimum Gasteiger partial charge on any atom is -0.437 e.